The number of aryl methyl sites for hydroxylation is 2. The highest BCUT2D eigenvalue weighted by Crippen LogP contribution is 2.24. The molecule has 0 bridgehead atoms. The second-order valence-corrected chi connectivity index (χ2v) is 11.2. The number of anilines is 1. The van der Waals surface area contributed by atoms with Crippen molar-refractivity contribution in [1.29, 1.82) is 0 Å². The molecule has 1 atom stereocenters. The predicted octanol–water partition coefficient (Wildman–Crippen LogP) is 4.02. The molecular formula is C26H33N3O4S. The first-order valence-electron chi connectivity index (χ1n) is 12.0. The minimum Gasteiger partial charge on any atom is -0.353 e. The molecule has 1 aliphatic carbocycles. The zero-order valence-electron chi connectivity index (χ0n) is 19.8. The van der Waals surface area contributed by atoms with E-state index in [4.69, 9.17) is 0 Å². The summed E-state index contributed by atoms with van der Waals surface area (Å²) in [4.78, 5) is 27.9. The lowest BCUT2D eigenvalue weighted by atomic mass is 9.96. The van der Waals surface area contributed by atoms with Gasteiger partial charge in [-0.3, -0.25) is 14.3 Å². The maximum atomic E-state index is 13.2. The monoisotopic (exact) mass is 483 g/mol. The van der Waals surface area contributed by atoms with Crippen LogP contribution in [0.15, 0.2) is 47.4 Å². The molecule has 2 fully saturated rings. The van der Waals surface area contributed by atoms with Crippen LogP contribution in [-0.2, 0) is 14.8 Å². The van der Waals surface area contributed by atoms with Crippen LogP contribution in [0.1, 0.15) is 60.0 Å². The molecule has 1 saturated heterocycles. The van der Waals surface area contributed by atoms with Gasteiger partial charge in [-0.15, -0.1) is 0 Å². The van der Waals surface area contributed by atoms with Crippen LogP contribution in [0.25, 0.3) is 0 Å². The normalized spacial score (nSPS) is 19.1. The molecule has 1 aliphatic heterocycles. The van der Waals surface area contributed by atoms with E-state index < -0.39 is 10.0 Å². The standard InChI is InChI=1S/C26H33N3O4S/c1-18-12-13-24(19(2)15-18)34(32,33)28-23-11-5-7-20(16-23)26(31)29-14-6-8-21(17-29)25(30)27-22-9-3-4-10-22/h5,7,11-13,15-16,21-22,28H,3-4,6,8-10,14,17H2,1-2H3,(H,27,30). The number of piperidine rings is 1. The Morgan fingerprint density at radius 1 is 0.971 bits per heavy atom. The van der Waals surface area contributed by atoms with E-state index in [-0.39, 0.29) is 28.7 Å². The number of amides is 2. The fourth-order valence-electron chi connectivity index (χ4n) is 4.97. The second kappa shape index (κ2) is 10.2. The zero-order chi connectivity index (χ0) is 24.3. The lowest BCUT2D eigenvalue weighted by Crippen LogP contribution is -2.47. The van der Waals surface area contributed by atoms with Gasteiger partial charge in [0.2, 0.25) is 5.91 Å². The van der Waals surface area contributed by atoms with Crippen molar-refractivity contribution in [3.8, 4) is 0 Å². The number of sulfonamides is 1. The largest absolute Gasteiger partial charge is 0.353 e. The molecule has 182 valence electrons. The maximum absolute atomic E-state index is 13.2. The Bertz CT molecular complexity index is 1170. The summed E-state index contributed by atoms with van der Waals surface area (Å²) in [5.41, 5.74) is 2.38. The van der Waals surface area contributed by atoms with Crippen LogP contribution in [0.2, 0.25) is 0 Å². The maximum Gasteiger partial charge on any atom is 0.262 e. The Hall–Kier alpha value is -2.87. The summed E-state index contributed by atoms with van der Waals surface area (Å²) in [5.74, 6) is -0.352. The van der Waals surface area contributed by atoms with Gasteiger partial charge in [-0.25, -0.2) is 8.42 Å². The molecule has 4 rings (SSSR count). The number of benzene rings is 2. The number of nitrogens with zero attached hydrogens (tertiary/aromatic N) is 1. The van der Waals surface area contributed by atoms with E-state index in [9.17, 15) is 18.0 Å². The van der Waals surface area contributed by atoms with Crippen LogP contribution in [0.3, 0.4) is 0 Å². The van der Waals surface area contributed by atoms with E-state index in [1.165, 1.54) is 0 Å². The third-order valence-corrected chi connectivity index (χ3v) is 8.30. The van der Waals surface area contributed by atoms with E-state index in [0.29, 0.717) is 29.9 Å². The molecule has 2 N–H and O–H groups in total. The molecule has 34 heavy (non-hydrogen) atoms. The van der Waals surface area contributed by atoms with E-state index in [1.54, 1.807) is 48.2 Å². The summed E-state index contributed by atoms with van der Waals surface area (Å²) in [6.07, 6.45) is 5.93. The molecule has 2 aromatic rings. The molecule has 0 aromatic heterocycles. The number of rotatable bonds is 6. The Morgan fingerprint density at radius 2 is 1.74 bits per heavy atom. The van der Waals surface area contributed by atoms with Crippen molar-refractivity contribution in [3.05, 3.63) is 59.2 Å². The number of hydrogen-bond acceptors (Lipinski definition) is 4. The third-order valence-electron chi connectivity index (χ3n) is 6.76. The molecule has 2 aromatic carbocycles. The van der Waals surface area contributed by atoms with Crippen molar-refractivity contribution in [2.75, 3.05) is 17.8 Å². The average Bonchev–Trinajstić information content (AvgIpc) is 3.31. The van der Waals surface area contributed by atoms with Gasteiger partial charge in [0, 0.05) is 30.4 Å². The van der Waals surface area contributed by atoms with Gasteiger partial charge in [0.25, 0.3) is 15.9 Å². The quantitative estimate of drug-likeness (QED) is 0.649. The summed E-state index contributed by atoms with van der Waals surface area (Å²) in [6.45, 7) is 4.65. The van der Waals surface area contributed by atoms with Crippen molar-refractivity contribution < 1.29 is 18.0 Å². The molecule has 1 heterocycles. The zero-order valence-corrected chi connectivity index (χ0v) is 20.7. The lowest BCUT2D eigenvalue weighted by Gasteiger charge is -2.32. The van der Waals surface area contributed by atoms with Crippen molar-refractivity contribution in [2.45, 2.75) is 63.3 Å². The highest BCUT2D eigenvalue weighted by molar-refractivity contribution is 7.92. The fourth-order valence-corrected chi connectivity index (χ4v) is 6.25. The van der Waals surface area contributed by atoms with E-state index >= 15 is 0 Å². The fraction of sp³-hybridized carbons (Fsp3) is 0.462. The number of likely N-dealkylation sites (tertiary alicyclic amines) is 1. The van der Waals surface area contributed by atoms with Crippen molar-refractivity contribution in [3.63, 3.8) is 0 Å². The SMILES string of the molecule is Cc1ccc(S(=O)(=O)Nc2cccc(C(=O)N3CCCC(C(=O)NC4CCCC4)C3)c2)c(C)c1. The van der Waals surface area contributed by atoms with Crippen molar-refractivity contribution >= 4 is 27.5 Å². The first kappa shape index (κ1) is 24.3. The lowest BCUT2D eigenvalue weighted by molar-refractivity contribution is -0.127. The van der Waals surface area contributed by atoms with Crippen LogP contribution in [-0.4, -0.2) is 44.3 Å². The minimum absolute atomic E-state index is 0.0411. The first-order valence-corrected chi connectivity index (χ1v) is 13.5. The molecule has 7 nitrogen and oxygen atoms in total. The van der Waals surface area contributed by atoms with E-state index in [1.807, 2.05) is 13.0 Å². The molecule has 0 spiro atoms. The number of carbonyl (C=O) groups is 2. The first-order chi connectivity index (χ1) is 16.2. The van der Waals surface area contributed by atoms with Gasteiger partial charge in [0.15, 0.2) is 0 Å². The Morgan fingerprint density at radius 3 is 2.47 bits per heavy atom. The van der Waals surface area contributed by atoms with Gasteiger partial charge < -0.3 is 10.2 Å². The highest BCUT2D eigenvalue weighted by Gasteiger charge is 2.30. The van der Waals surface area contributed by atoms with Gasteiger partial charge in [0.1, 0.15) is 0 Å². The Kier molecular flexibility index (Phi) is 7.26. The molecular weight excluding hydrogens is 450 g/mol. The summed E-state index contributed by atoms with van der Waals surface area (Å²) in [7, 11) is -3.79. The summed E-state index contributed by atoms with van der Waals surface area (Å²) < 4.78 is 28.4. The van der Waals surface area contributed by atoms with Gasteiger partial charge in [0.05, 0.1) is 10.8 Å². The van der Waals surface area contributed by atoms with Crippen LogP contribution in [0.5, 0.6) is 0 Å². The number of nitrogens with one attached hydrogen (secondary N) is 2. The highest BCUT2D eigenvalue weighted by atomic mass is 32.2. The minimum atomic E-state index is -3.79. The average molecular weight is 484 g/mol. The smallest absolute Gasteiger partial charge is 0.262 e. The molecule has 8 heteroatoms. The summed E-state index contributed by atoms with van der Waals surface area (Å²) >= 11 is 0. The van der Waals surface area contributed by atoms with Gasteiger partial charge in [-0.1, -0.05) is 36.6 Å². The Labute approximate surface area is 202 Å². The topological polar surface area (TPSA) is 95.6 Å². The van der Waals surface area contributed by atoms with Gasteiger partial charge >= 0.3 is 0 Å². The predicted molar refractivity (Wildman–Crippen MR) is 132 cm³/mol. The van der Waals surface area contributed by atoms with Crippen LogP contribution < -0.4 is 10.0 Å². The van der Waals surface area contributed by atoms with Crippen molar-refractivity contribution in [1.82, 2.24) is 10.2 Å². The summed E-state index contributed by atoms with van der Waals surface area (Å²) in [5, 5.41) is 3.15. The molecule has 0 radical (unpaired) electrons. The number of carbonyl (C=O) groups excluding carboxylic acids is 2. The van der Waals surface area contributed by atoms with E-state index in [2.05, 4.69) is 10.0 Å². The van der Waals surface area contributed by atoms with Gasteiger partial charge in [-0.05, 0) is 69.4 Å². The van der Waals surface area contributed by atoms with Crippen LogP contribution in [0, 0.1) is 19.8 Å². The van der Waals surface area contributed by atoms with E-state index in [0.717, 1.165) is 44.1 Å². The van der Waals surface area contributed by atoms with Crippen molar-refractivity contribution in [2.24, 2.45) is 5.92 Å². The molecule has 2 aliphatic rings. The molecule has 1 saturated carbocycles. The van der Waals surface area contributed by atoms with Crippen LogP contribution >= 0.6 is 0 Å². The van der Waals surface area contributed by atoms with Crippen LogP contribution in [0.4, 0.5) is 5.69 Å². The Balaban J connectivity index is 1.44. The second-order valence-electron chi connectivity index (χ2n) is 9.54. The molecule has 2 amide bonds. The number of hydrogen-bond donors (Lipinski definition) is 2. The van der Waals surface area contributed by atoms with Gasteiger partial charge in [-0.2, -0.15) is 0 Å². The molecule has 1 unspecified atom stereocenters. The summed E-state index contributed by atoms with van der Waals surface area (Å²) in [6, 6.07) is 12.0. The third kappa shape index (κ3) is 5.60.